The number of aryl methyl sites for hydroxylation is 2. The monoisotopic (exact) mass is 263 g/mol. The Kier molecular flexibility index (Phi) is 3.59. The first-order chi connectivity index (χ1) is 9.02. The van der Waals surface area contributed by atoms with Crippen molar-refractivity contribution >= 4 is 5.97 Å². The van der Waals surface area contributed by atoms with Gasteiger partial charge in [-0.3, -0.25) is 0 Å². The van der Waals surface area contributed by atoms with E-state index in [0.29, 0.717) is 12.2 Å². The third-order valence-corrected chi connectivity index (χ3v) is 2.67. The number of aromatic carboxylic acids is 1. The third-order valence-electron chi connectivity index (χ3n) is 2.67. The highest BCUT2D eigenvalue weighted by atomic mass is 19.1. The minimum atomic E-state index is -1.22. The summed E-state index contributed by atoms with van der Waals surface area (Å²) in [4.78, 5) is 14.9. The molecule has 1 aromatic heterocycles. The molecule has 2 aromatic rings. The molecular weight excluding hydrogens is 249 g/mol. The molecule has 2 rings (SSSR count). The van der Waals surface area contributed by atoms with Crippen molar-refractivity contribution in [2.75, 3.05) is 0 Å². The number of hydrogen-bond acceptors (Lipinski definition) is 3. The molecule has 1 heterocycles. The van der Waals surface area contributed by atoms with Crippen LogP contribution in [0.3, 0.4) is 0 Å². The minimum Gasteiger partial charge on any atom is -0.475 e. The number of rotatable bonds is 4. The van der Waals surface area contributed by atoms with Gasteiger partial charge in [0, 0.05) is 6.42 Å². The van der Waals surface area contributed by atoms with Crippen LogP contribution < -0.4 is 0 Å². The third kappa shape index (κ3) is 2.62. The van der Waals surface area contributed by atoms with Crippen molar-refractivity contribution in [1.82, 2.24) is 14.8 Å². The smallest absolute Gasteiger partial charge is 0.375 e. The second-order valence-electron chi connectivity index (χ2n) is 4.27. The number of carbonyl (C=O) groups is 1. The number of nitrogens with zero attached hydrogens (tertiary/aromatic N) is 3. The van der Waals surface area contributed by atoms with E-state index < -0.39 is 11.8 Å². The second kappa shape index (κ2) is 5.17. The second-order valence-corrected chi connectivity index (χ2v) is 4.27. The summed E-state index contributed by atoms with van der Waals surface area (Å²) in [5, 5.41) is 12.8. The Bertz CT molecular complexity index is 622. The molecule has 0 aliphatic carbocycles. The molecule has 0 saturated heterocycles. The number of benzene rings is 1. The molecule has 6 heteroatoms. The number of halogens is 1. The van der Waals surface area contributed by atoms with Gasteiger partial charge in [0.25, 0.3) is 5.82 Å². The maximum absolute atomic E-state index is 13.8. The topological polar surface area (TPSA) is 68.0 Å². The number of hydrogen-bond donors (Lipinski definition) is 1. The number of carboxylic acids is 1. The van der Waals surface area contributed by atoms with Gasteiger partial charge in [-0.1, -0.05) is 13.0 Å². The van der Waals surface area contributed by atoms with Crippen LogP contribution in [0.5, 0.6) is 0 Å². The molecule has 0 spiro atoms. The molecule has 19 heavy (non-hydrogen) atoms. The minimum absolute atomic E-state index is 0.225. The fraction of sp³-hybridized carbons (Fsp3) is 0.308. The molecule has 0 aliphatic heterocycles. The van der Waals surface area contributed by atoms with Crippen molar-refractivity contribution in [2.45, 2.75) is 26.7 Å². The molecule has 0 saturated carbocycles. The van der Waals surface area contributed by atoms with Crippen LogP contribution in [0.4, 0.5) is 4.39 Å². The van der Waals surface area contributed by atoms with Gasteiger partial charge in [0.1, 0.15) is 17.3 Å². The predicted octanol–water partition coefficient (Wildman–Crippen LogP) is 2.37. The molecule has 1 N–H and O–H groups in total. The number of aromatic nitrogens is 3. The largest absolute Gasteiger partial charge is 0.475 e. The summed E-state index contributed by atoms with van der Waals surface area (Å²) < 4.78 is 15.1. The summed E-state index contributed by atoms with van der Waals surface area (Å²) in [5.41, 5.74) is 1.09. The lowest BCUT2D eigenvalue weighted by Crippen LogP contribution is -2.06. The SMILES string of the molecule is CCCc1nc(C(=O)O)nn1-c1cc(C)ccc1F. The van der Waals surface area contributed by atoms with Gasteiger partial charge in [0.05, 0.1) is 0 Å². The van der Waals surface area contributed by atoms with E-state index in [1.807, 2.05) is 13.8 Å². The van der Waals surface area contributed by atoms with E-state index in [4.69, 9.17) is 5.11 Å². The quantitative estimate of drug-likeness (QED) is 0.919. The zero-order valence-corrected chi connectivity index (χ0v) is 10.7. The van der Waals surface area contributed by atoms with Crippen LogP contribution in [0, 0.1) is 12.7 Å². The van der Waals surface area contributed by atoms with Crippen LogP contribution in [0.1, 0.15) is 35.4 Å². The van der Waals surface area contributed by atoms with E-state index in [9.17, 15) is 9.18 Å². The van der Waals surface area contributed by atoms with Crippen LogP contribution in [0.15, 0.2) is 18.2 Å². The molecule has 0 amide bonds. The van der Waals surface area contributed by atoms with Gasteiger partial charge in [-0.05, 0) is 31.0 Å². The zero-order valence-electron chi connectivity index (χ0n) is 10.7. The van der Waals surface area contributed by atoms with Gasteiger partial charge in [-0.25, -0.2) is 18.9 Å². The van der Waals surface area contributed by atoms with Crippen molar-refractivity contribution in [3.8, 4) is 5.69 Å². The standard InChI is InChI=1S/C13H14FN3O2/c1-3-4-11-15-12(13(18)19)16-17(11)10-7-8(2)5-6-9(10)14/h5-7H,3-4H2,1-2H3,(H,18,19). The number of carboxylic acid groups (broad SMARTS) is 1. The van der Waals surface area contributed by atoms with E-state index >= 15 is 0 Å². The molecule has 0 radical (unpaired) electrons. The van der Waals surface area contributed by atoms with E-state index in [2.05, 4.69) is 10.1 Å². The Balaban J connectivity index is 2.59. The first kappa shape index (κ1) is 13.2. The van der Waals surface area contributed by atoms with Crippen molar-refractivity contribution < 1.29 is 14.3 Å². The highest BCUT2D eigenvalue weighted by molar-refractivity contribution is 5.83. The lowest BCUT2D eigenvalue weighted by molar-refractivity contribution is 0.0683. The Hall–Kier alpha value is -2.24. The lowest BCUT2D eigenvalue weighted by atomic mass is 10.2. The van der Waals surface area contributed by atoms with Crippen LogP contribution >= 0.6 is 0 Å². The summed E-state index contributed by atoms with van der Waals surface area (Å²) >= 11 is 0. The van der Waals surface area contributed by atoms with Gasteiger partial charge >= 0.3 is 5.97 Å². The predicted molar refractivity (Wildman–Crippen MR) is 67.0 cm³/mol. The van der Waals surface area contributed by atoms with Gasteiger partial charge < -0.3 is 5.11 Å². The van der Waals surface area contributed by atoms with Crippen LogP contribution in [-0.4, -0.2) is 25.8 Å². The highest BCUT2D eigenvalue weighted by Gasteiger charge is 2.18. The zero-order chi connectivity index (χ0) is 14.0. The van der Waals surface area contributed by atoms with E-state index in [1.54, 1.807) is 12.1 Å². The lowest BCUT2D eigenvalue weighted by Gasteiger charge is -2.07. The van der Waals surface area contributed by atoms with E-state index in [-0.39, 0.29) is 11.5 Å². The van der Waals surface area contributed by atoms with Crippen molar-refractivity contribution in [3.05, 3.63) is 41.2 Å². The molecule has 0 fully saturated rings. The molecule has 5 nitrogen and oxygen atoms in total. The van der Waals surface area contributed by atoms with Crippen molar-refractivity contribution in [2.24, 2.45) is 0 Å². The molecular formula is C13H14FN3O2. The molecule has 0 aliphatic rings. The summed E-state index contributed by atoms with van der Waals surface area (Å²) in [6, 6.07) is 4.60. The Morgan fingerprint density at radius 2 is 2.21 bits per heavy atom. The Morgan fingerprint density at radius 3 is 2.84 bits per heavy atom. The van der Waals surface area contributed by atoms with Crippen LogP contribution in [0.2, 0.25) is 0 Å². The first-order valence-electron chi connectivity index (χ1n) is 5.98. The normalized spacial score (nSPS) is 10.7. The molecule has 0 atom stereocenters. The Labute approximate surface area is 109 Å². The summed E-state index contributed by atoms with van der Waals surface area (Å²) in [5.74, 6) is -1.54. The van der Waals surface area contributed by atoms with E-state index in [0.717, 1.165) is 12.0 Å². The maximum atomic E-state index is 13.8. The van der Waals surface area contributed by atoms with Gasteiger partial charge in [0.15, 0.2) is 0 Å². The average molecular weight is 263 g/mol. The maximum Gasteiger partial charge on any atom is 0.375 e. The van der Waals surface area contributed by atoms with Gasteiger partial charge in [0.2, 0.25) is 0 Å². The fourth-order valence-corrected chi connectivity index (χ4v) is 1.80. The summed E-state index contributed by atoms with van der Waals surface area (Å²) in [7, 11) is 0. The van der Waals surface area contributed by atoms with E-state index in [1.165, 1.54) is 10.7 Å². The molecule has 1 aromatic carbocycles. The molecule has 0 bridgehead atoms. The Morgan fingerprint density at radius 1 is 1.47 bits per heavy atom. The van der Waals surface area contributed by atoms with Crippen molar-refractivity contribution in [1.29, 1.82) is 0 Å². The first-order valence-corrected chi connectivity index (χ1v) is 5.98. The molecule has 0 unspecified atom stereocenters. The van der Waals surface area contributed by atoms with Crippen LogP contribution in [0.25, 0.3) is 5.69 Å². The highest BCUT2D eigenvalue weighted by Crippen LogP contribution is 2.17. The van der Waals surface area contributed by atoms with Gasteiger partial charge in [-0.2, -0.15) is 0 Å². The average Bonchev–Trinajstić information content (AvgIpc) is 2.77. The molecule has 100 valence electrons. The summed E-state index contributed by atoms with van der Waals surface area (Å²) in [6.45, 7) is 3.77. The fourth-order valence-electron chi connectivity index (χ4n) is 1.80. The van der Waals surface area contributed by atoms with Crippen molar-refractivity contribution in [3.63, 3.8) is 0 Å². The summed E-state index contributed by atoms with van der Waals surface area (Å²) in [6.07, 6.45) is 1.30. The van der Waals surface area contributed by atoms with Gasteiger partial charge in [-0.15, -0.1) is 5.10 Å². The van der Waals surface area contributed by atoms with Crippen LogP contribution in [-0.2, 0) is 6.42 Å².